The number of hydrogen-bond acceptors (Lipinski definition) is 5. The van der Waals surface area contributed by atoms with Crippen molar-refractivity contribution in [2.24, 2.45) is 5.92 Å². The number of halogens is 1. The molecular weight excluding hydrogens is 447 g/mol. The first-order chi connectivity index (χ1) is 16.8. The highest BCUT2D eigenvalue weighted by atomic mass is 19.1. The van der Waals surface area contributed by atoms with Crippen LogP contribution in [0.2, 0.25) is 0 Å². The lowest BCUT2D eigenvalue weighted by atomic mass is 9.94. The van der Waals surface area contributed by atoms with Crippen LogP contribution in [0.15, 0.2) is 78.4 Å². The second-order valence-electron chi connectivity index (χ2n) is 8.58. The van der Waals surface area contributed by atoms with Gasteiger partial charge in [-0.15, -0.1) is 0 Å². The Labute approximate surface area is 202 Å². The number of anilines is 1. The second-order valence-corrected chi connectivity index (χ2v) is 8.58. The molecule has 1 N–H and O–H groups in total. The fraction of sp³-hybridized carbons (Fsp3) is 0.179. The third-order valence-electron chi connectivity index (χ3n) is 5.63. The SMILES string of the molecule is CC(C)COc1ccc(/C(O)=C2/C(=O)C(=O)N(c3ccc(C#N)cc3)C2c2ccccc2F)cc1. The van der Waals surface area contributed by atoms with E-state index in [9.17, 15) is 19.1 Å². The van der Waals surface area contributed by atoms with Crippen LogP contribution < -0.4 is 9.64 Å². The molecule has 1 unspecified atom stereocenters. The van der Waals surface area contributed by atoms with Crippen molar-refractivity contribution in [2.45, 2.75) is 19.9 Å². The smallest absolute Gasteiger partial charge is 0.300 e. The van der Waals surface area contributed by atoms with E-state index in [0.717, 1.165) is 4.90 Å². The summed E-state index contributed by atoms with van der Waals surface area (Å²) in [6.07, 6.45) is 0. The Bertz CT molecular complexity index is 1340. The molecule has 35 heavy (non-hydrogen) atoms. The number of Topliss-reactive ketones (excluding diaryl/α,β-unsaturated/α-hetero) is 1. The highest BCUT2D eigenvalue weighted by molar-refractivity contribution is 6.51. The fourth-order valence-electron chi connectivity index (χ4n) is 3.91. The van der Waals surface area contributed by atoms with E-state index in [1.54, 1.807) is 30.3 Å². The number of rotatable bonds is 6. The van der Waals surface area contributed by atoms with Gasteiger partial charge in [-0.25, -0.2) is 4.39 Å². The Morgan fingerprint density at radius 2 is 1.71 bits per heavy atom. The van der Waals surface area contributed by atoms with Gasteiger partial charge in [0.1, 0.15) is 17.3 Å². The first kappa shape index (κ1) is 23.7. The Morgan fingerprint density at radius 1 is 1.06 bits per heavy atom. The monoisotopic (exact) mass is 470 g/mol. The number of carbonyl (C=O) groups is 2. The van der Waals surface area contributed by atoms with Crippen LogP contribution in [0.4, 0.5) is 10.1 Å². The lowest BCUT2D eigenvalue weighted by Gasteiger charge is -2.25. The molecule has 1 fully saturated rings. The normalized spacial score (nSPS) is 17.0. The summed E-state index contributed by atoms with van der Waals surface area (Å²) in [7, 11) is 0. The number of carbonyl (C=O) groups excluding carboxylic acids is 2. The molecule has 3 aromatic rings. The van der Waals surface area contributed by atoms with Crippen LogP contribution in [-0.2, 0) is 9.59 Å². The van der Waals surface area contributed by atoms with E-state index >= 15 is 0 Å². The van der Waals surface area contributed by atoms with Crippen LogP contribution in [0.5, 0.6) is 5.75 Å². The summed E-state index contributed by atoms with van der Waals surface area (Å²) in [6.45, 7) is 4.57. The van der Waals surface area contributed by atoms with E-state index < -0.39 is 29.3 Å². The third-order valence-corrected chi connectivity index (χ3v) is 5.63. The van der Waals surface area contributed by atoms with Gasteiger partial charge in [-0.1, -0.05) is 32.0 Å². The maximum absolute atomic E-state index is 14.9. The molecule has 0 bridgehead atoms. The van der Waals surface area contributed by atoms with Gasteiger partial charge in [0.25, 0.3) is 11.7 Å². The maximum atomic E-state index is 14.9. The molecule has 1 aliphatic rings. The number of aliphatic hydroxyl groups excluding tert-OH is 1. The largest absolute Gasteiger partial charge is 0.507 e. The lowest BCUT2D eigenvalue weighted by Crippen LogP contribution is -2.29. The zero-order valence-corrected chi connectivity index (χ0v) is 19.2. The van der Waals surface area contributed by atoms with Crippen molar-refractivity contribution in [3.63, 3.8) is 0 Å². The minimum atomic E-state index is -1.19. The quantitative estimate of drug-likeness (QED) is 0.298. The second kappa shape index (κ2) is 9.82. The minimum absolute atomic E-state index is 0.0643. The van der Waals surface area contributed by atoms with Crippen LogP contribution >= 0.6 is 0 Å². The van der Waals surface area contributed by atoms with Crippen LogP contribution in [0.25, 0.3) is 5.76 Å². The lowest BCUT2D eigenvalue weighted by molar-refractivity contribution is -0.132. The summed E-state index contributed by atoms with van der Waals surface area (Å²) in [6, 6.07) is 19.1. The molecule has 0 radical (unpaired) electrons. The van der Waals surface area contributed by atoms with E-state index in [1.165, 1.54) is 42.5 Å². The molecule has 7 heteroatoms. The Morgan fingerprint density at radius 3 is 2.31 bits per heavy atom. The zero-order chi connectivity index (χ0) is 25.1. The number of aliphatic hydroxyl groups is 1. The summed E-state index contributed by atoms with van der Waals surface area (Å²) in [4.78, 5) is 27.4. The summed E-state index contributed by atoms with van der Waals surface area (Å²) in [5, 5.41) is 20.3. The molecule has 1 atom stereocenters. The van der Waals surface area contributed by atoms with Gasteiger partial charge in [-0.2, -0.15) is 5.26 Å². The van der Waals surface area contributed by atoms with Gasteiger partial charge >= 0.3 is 0 Å². The highest BCUT2D eigenvalue weighted by Crippen LogP contribution is 2.43. The first-order valence-corrected chi connectivity index (χ1v) is 11.1. The zero-order valence-electron chi connectivity index (χ0n) is 19.2. The van der Waals surface area contributed by atoms with Gasteiger partial charge < -0.3 is 9.84 Å². The van der Waals surface area contributed by atoms with Gasteiger partial charge in [0.05, 0.1) is 29.9 Å². The molecule has 6 nitrogen and oxygen atoms in total. The molecular formula is C28H23FN2O4. The van der Waals surface area contributed by atoms with Gasteiger partial charge in [0.15, 0.2) is 0 Å². The third kappa shape index (κ3) is 4.64. The number of ether oxygens (including phenoxy) is 1. The minimum Gasteiger partial charge on any atom is -0.507 e. The molecule has 0 aliphatic carbocycles. The van der Waals surface area contributed by atoms with Gasteiger partial charge in [-0.3, -0.25) is 14.5 Å². The number of hydrogen-bond donors (Lipinski definition) is 1. The van der Waals surface area contributed by atoms with E-state index in [-0.39, 0.29) is 11.1 Å². The van der Waals surface area contributed by atoms with Crippen LogP contribution in [0.3, 0.4) is 0 Å². The van der Waals surface area contributed by atoms with Gasteiger partial charge in [0.2, 0.25) is 0 Å². The van der Waals surface area contributed by atoms with Crippen molar-refractivity contribution in [3.05, 3.63) is 101 Å². The topological polar surface area (TPSA) is 90.6 Å². The fourth-order valence-corrected chi connectivity index (χ4v) is 3.91. The summed E-state index contributed by atoms with van der Waals surface area (Å²) >= 11 is 0. The summed E-state index contributed by atoms with van der Waals surface area (Å²) in [5.41, 5.74) is 0.805. The average molecular weight is 471 g/mol. The Kier molecular flexibility index (Phi) is 6.65. The molecule has 1 heterocycles. The molecule has 1 amide bonds. The standard InChI is InChI=1S/C28H23FN2O4/c1-17(2)16-35-21-13-9-19(10-14-21)26(32)24-25(22-5-3-4-6-23(22)29)31(28(34)27(24)33)20-11-7-18(15-30)8-12-20/h3-14,17,25,32H,16H2,1-2H3/b26-24-. The van der Waals surface area contributed by atoms with Crippen LogP contribution in [0, 0.1) is 23.1 Å². The number of amides is 1. The molecule has 0 saturated carbocycles. The van der Waals surface area contributed by atoms with E-state index in [1.807, 2.05) is 19.9 Å². The first-order valence-electron chi connectivity index (χ1n) is 11.1. The summed E-state index contributed by atoms with van der Waals surface area (Å²) < 4.78 is 20.6. The summed E-state index contributed by atoms with van der Waals surface area (Å²) in [5.74, 6) is -1.94. The highest BCUT2D eigenvalue weighted by Gasteiger charge is 2.47. The molecule has 3 aromatic carbocycles. The van der Waals surface area contributed by atoms with Crippen molar-refractivity contribution in [3.8, 4) is 11.8 Å². The van der Waals surface area contributed by atoms with Crippen molar-refractivity contribution < 1.29 is 23.8 Å². The number of ketones is 1. The van der Waals surface area contributed by atoms with Crippen molar-refractivity contribution >= 4 is 23.1 Å². The van der Waals surface area contributed by atoms with E-state index in [2.05, 4.69) is 0 Å². The van der Waals surface area contributed by atoms with Crippen LogP contribution in [-0.4, -0.2) is 23.4 Å². The predicted molar refractivity (Wildman–Crippen MR) is 129 cm³/mol. The van der Waals surface area contributed by atoms with Gasteiger partial charge in [0, 0.05) is 16.8 Å². The molecule has 0 spiro atoms. The van der Waals surface area contributed by atoms with Crippen molar-refractivity contribution in [2.75, 3.05) is 11.5 Å². The number of nitrogens with zero attached hydrogens (tertiary/aromatic N) is 2. The number of nitriles is 1. The maximum Gasteiger partial charge on any atom is 0.300 e. The van der Waals surface area contributed by atoms with Crippen molar-refractivity contribution in [1.29, 1.82) is 5.26 Å². The Balaban J connectivity index is 1.83. The predicted octanol–water partition coefficient (Wildman–Crippen LogP) is 5.36. The van der Waals surface area contributed by atoms with Crippen LogP contribution in [0.1, 0.15) is 36.6 Å². The van der Waals surface area contributed by atoms with Crippen molar-refractivity contribution in [1.82, 2.24) is 0 Å². The Hall–Kier alpha value is -4.44. The molecule has 4 rings (SSSR count). The van der Waals surface area contributed by atoms with Gasteiger partial charge in [-0.05, 0) is 60.5 Å². The van der Waals surface area contributed by atoms with E-state index in [0.29, 0.717) is 35.1 Å². The average Bonchev–Trinajstić information content (AvgIpc) is 3.13. The molecule has 1 aliphatic heterocycles. The molecule has 0 aromatic heterocycles. The van der Waals surface area contributed by atoms with E-state index in [4.69, 9.17) is 10.00 Å². The molecule has 176 valence electrons. The number of benzene rings is 3. The molecule has 1 saturated heterocycles.